The molecule has 9 heteroatoms. The molecule has 2 N–H and O–H groups in total. The lowest BCUT2D eigenvalue weighted by atomic mass is 10.1. The number of rotatable bonds is 12. The van der Waals surface area contributed by atoms with Crippen LogP contribution < -0.4 is 19.5 Å². The molecule has 0 saturated carbocycles. The molecule has 0 saturated heterocycles. The molecule has 0 radical (unpaired) electrons. The van der Waals surface area contributed by atoms with E-state index in [0.29, 0.717) is 47.5 Å². The van der Waals surface area contributed by atoms with Crippen LogP contribution in [0.3, 0.4) is 0 Å². The Hall–Kier alpha value is -4.92. The number of aromatic nitrogens is 2. The molecule has 40 heavy (non-hydrogen) atoms. The highest BCUT2D eigenvalue weighted by Gasteiger charge is 2.29. The summed E-state index contributed by atoms with van der Waals surface area (Å²) in [5.41, 5.74) is 0.947. The van der Waals surface area contributed by atoms with Crippen LogP contribution in [0.2, 0.25) is 0 Å². The number of ether oxygens (including phenoxy) is 3. The lowest BCUT2D eigenvalue weighted by molar-refractivity contribution is -0.152. The average Bonchev–Trinajstić information content (AvgIpc) is 2.94. The smallest absolute Gasteiger partial charge is 0.347 e. The van der Waals surface area contributed by atoms with E-state index in [4.69, 9.17) is 14.2 Å². The fraction of sp³-hybridized carbons (Fsp3) is 0.226. The molecule has 1 heterocycles. The highest BCUT2D eigenvalue weighted by Crippen LogP contribution is 2.33. The van der Waals surface area contributed by atoms with E-state index in [0.717, 1.165) is 11.1 Å². The van der Waals surface area contributed by atoms with E-state index in [9.17, 15) is 14.7 Å². The van der Waals surface area contributed by atoms with Gasteiger partial charge in [0.15, 0.2) is 22.9 Å². The number of para-hydroxylation sites is 2. The van der Waals surface area contributed by atoms with Crippen LogP contribution in [0, 0.1) is 0 Å². The molecule has 0 unspecified atom stereocenters. The number of nitrogens with one attached hydrogen (secondary N) is 1. The van der Waals surface area contributed by atoms with Gasteiger partial charge in [0.05, 0.1) is 24.7 Å². The first-order valence-corrected chi connectivity index (χ1v) is 12.9. The van der Waals surface area contributed by atoms with Crippen LogP contribution in [-0.2, 0) is 16.0 Å². The van der Waals surface area contributed by atoms with Crippen molar-refractivity contribution in [3.63, 3.8) is 0 Å². The van der Waals surface area contributed by atoms with Crippen molar-refractivity contribution in [3.05, 3.63) is 90.8 Å². The number of aliphatic carboxylic acids is 1. The Balaban J connectivity index is 1.36. The lowest BCUT2D eigenvalue weighted by Crippen LogP contribution is -2.37. The fourth-order valence-corrected chi connectivity index (χ4v) is 3.75. The minimum atomic E-state index is -1.33. The number of aryl methyl sites for hydroxylation is 1. The minimum absolute atomic E-state index is 0.205. The molecular weight excluding hydrogens is 510 g/mol. The molecule has 0 spiro atoms. The normalized spacial score (nSPS) is 11.0. The Morgan fingerprint density at radius 2 is 1.68 bits per heavy atom. The minimum Gasteiger partial charge on any atom is -0.490 e. The Morgan fingerprint density at radius 3 is 2.40 bits per heavy atom. The SMILES string of the molecule is CCOc1ccccc1Oc1cccc(-c2cncc(NC(=O)CCc3ccc(OC(C)(C)C(=O)O)cc3)n2)c1. The summed E-state index contributed by atoms with van der Waals surface area (Å²) in [4.78, 5) is 32.6. The molecular formula is C31H31N3O6. The second-order valence-corrected chi connectivity index (χ2v) is 9.41. The topological polar surface area (TPSA) is 120 Å². The van der Waals surface area contributed by atoms with E-state index < -0.39 is 11.6 Å². The molecule has 0 bridgehead atoms. The van der Waals surface area contributed by atoms with Crippen molar-refractivity contribution in [2.45, 2.75) is 39.2 Å². The van der Waals surface area contributed by atoms with E-state index in [1.165, 1.54) is 20.0 Å². The van der Waals surface area contributed by atoms with Crippen molar-refractivity contribution in [2.24, 2.45) is 0 Å². The summed E-state index contributed by atoms with van der Waals surface area (Å²) in [6, 6.07) is 21.9. The number of nitrogens with zero attached hydrogens (tertiary/aromatic N) is 2. The monoisotopic (exact) mass is 541 g/mol. The third-order valence-electron chi connectivity index (χ3n) is 5.86. The maximum absolute atomic E-state index is 12.6. The molecule has 4 aromatic rings. The summed E-state index contributed by atoms with van der Waals surface area (Å²) in [6.45, 7) is 5.42. The number of hydrogen-bond acceptors (Lipinski definition) is 7. The van der Waals surface area contributed by atoms with Gasteiger partial charge in [0.2, 0.25) is 5.91 Å². The van der Waals surface area contributed by atoms with Crippen molar-refractivity contribution in [3.8, 4) is 34.3 Å². The first-order chi connectivity index (χ1) is 19.2. The van der Waals surface area contributed by atoms with Gasteiger partial charge in [-0.05, 0) is 69.2 Å². The second kappa shape index (κ2) is 12.8. The van der Waals surface area contributed by atoms with Gasteiger partial charge in [-0.2, -0.15) is 0 Å². The molecule has 0 aliphatic rings. The summed E-state index contributed by atoms with van der Waals surface area (Å²) in [5.74, 6) is 1.42. The van der Waals surface area contributed by atoms with Crippen molar-refractivity contribution in [1.82, 2.24) is 9.97 Å². The average molecular weight is 542 g/mol. The van der Waals surface area contributed by atoms with Gasteiger partial charge < -0.3 is 24.6 Å². The maximum atomic E-state index is 12.6. The first kappa shape index (κ1) is 28.1. The molecule has 4 rings (SSSR count). The number of hydrogen-bond donors (Lipinski definition) is 2. The third kappa shape index (κ3) is 7.57. The number of carboxylic acid groups (broad SMARTS) is 1. The van der Waals surface area contributed by atoms with Crippen molar-refractivity contribution in [1.29, 1.82) is 0 Å². The summed E-state index contributed by atoms with van der Waals surface area (Å²) in [6.07, 6.45) is 3.84. The molecule has 3 aromatic carbocycles. The Kier molecular flexibility index (Phi) is 8.96. The van der Waals surface area contributed by atoms with E-state index in [1.807, 2.05) is 67.6 Å². The molecule has 0 aliphatic carbocycles. The summed E-state index contributed by atoms with van der Waals surface area (Å²) < 4.78 is 17.2. The van der Waals surface area contributed by atoms with Gasteiger partial charge in [-0.1, -0.05) is 36.4 Å². The first-order valence-electron chi connectivity index (χ1n) is 12.9. The number of carbonyl (C=O) groups is 2. The third-order valence-corrected chi connectivity index (χ3v) is 5.86. The predicted molar refractivity (Wildman–Crippen MR) is 151 cm³/mol. The molecule has 9 nitrogen and oxygen atoms in total. The lowest BCUT2D eigenvalue weighted by Gasteiger charge is -2.21. The van der Waals surface area contributed by atoms with Gasteiger partial charge in [-0.3, -0.25) is 9.78 Å². The van der Waals surface area contributed by atoms with Crippen molar-refractivity contribution < 1.29 is 28.9 Å². The van der Waals surface area contributed by atoms with Crippen molar-refractivity contribution in [2.75, 3.05) is 11.9 Å². The van der Waals surface area contributed by atoms with Gasteiger partial charge in [-0.25, -0.2) is 9.78 Å². The number of benzene rings is 3. The van der Waals surface area contributed by atoms with Crippen molar-refractivity contribution >= 4 is 17.7 Å². The predicted octanol–water partition coefficient (Wildman–Crippen LogP) is 6.15. The van der Waals surface area contributed by atoms with Crippen LogP contribution in [-0.4, -0.2) is 39.2 Å². The zero-order valence-corrected chi connectivity index (χ0v) is 22.6. The van der Waals surface area contributed by atoms with Gasteiger partial charge in [0, 0.05) is 12.0 Å². The van der Waals surface area contributed by atoms with E-state index in [1.54, 1.807) is 18.3 Å². The number of amides is 1. The van der Waals surface area contributed by atoms with Gasteiger partial charge in [0.25, 0.3) is 0 Å². The zero-order chi connectivity index (χ0) is 28.5. The Bertz CT molecular complexity index is 1470. The van der Waals surface area contributed by atoms with E-state index in [2.05, 4.69) is 15.3 Å². The number of anilines is 1. The summed E-state index contributed by atoms with van der Waals surface area (Å²) in [7, 11) is 0. The second-order valence-electron chi connectivity index (χ2n) is 9.41. The maximum Gasteiger partial charge on any atom is 0.347 e. The van der Waals surface area contributed by atoms with E-state index in [-0.39, 0.29) is 12.3 Å². The number of carboxylic acids is 1. The van der Waals surface area contributed by atoms with Gasteiger partial charge in [-0.15, -0.1) is 0 Å². The molecule has 0 atom stereocenters. The molecule has 206 valence electrons. The molecule has 0 aliphatic heterocycles. The molecule has 0 fully saturated rings. The highest BCUT2D eigenvalue weighted by atomic mass is 16.5. The van der Waals surface area contributed by atoms with Crippen LogP contribution >= 0.6 is 0 Å². The molecule has 1 amide bonds. The highest BCUT2D eigenvalue weighted by molar-refractivity contribution is 5.90. The van der Waals surface area contributed by atoms with Crippen LogP contribution in [0.15, 0.2) is 85.2 Å². The Labute approximate surface area is 232 Å². The largest absolute Gasteiger partial charge is 0.490 e. The fourth-order valence-electron chi connectivity index (χ4n) is 3.75. The van der Waals surface area contributed by atoms with Crippen LogP contribution in [0.1, 0.15) is 32.8 Å². The number of carbonyl (C=O) groups excluding carboxylic acids is 1. The summed E-state index contributed by atoms with van der Waals surface area (Å²) >= 11 is 0. The Morgan fingerprint density at radius 1 is 0.925 bits per heavy atom. The van der Waals surface area contributed by atoms with Gasteiger partial charge in [0.1, 0.15) is 11.5 Å². The quantitative estimate of drug-likeness (QED) is 0.219. The standard InChI is InChI=1S/C31H31N3O6/c1-4-38-26-10-5-6-11-27(26)39-24-9-7-8-22(18-24)25-19-32-20-28(33-25)34-29(35)17-14-21-12-15-23(16-13-21)40-31(2,3)30(36)37/h5-13,15-16,18-20H,4,14,17H2,1-3H3,(H,36,37)(H,33,34,35). The van der Waals surface area contributed by atoms with Gasteiger partial charge >= 0.3 is 5.97 Å². The van der Waals surface area contributed by atoms with Crippen LogP contribution in [0.4, 0.5) is 5.82 Å². The summed E-state index contributed by atoms with van der Waals surface area (Å²) in [5, 5.41) is 12.0. The molecule has 1 aromatic heterocycles. The van der Waals surface area contributed by atoms with Crippen LogP contribution in [0.5, 0.6) is 23.0 Å². The van der Waals surface area contributed by atoms with E-state index >= 15 is 0 Å². The van der Waals surface area contributed by atoms with Crippen LogP contribution in [0.25, 0.3) is 11.3 Å². The zero-order valence-electron chi connectivity index (χ0n) is 22.6.